The zero-order valence-corrected chi connectivity index (χ0v) is 13.7. The summed E-state index contributed by atoms with van der Waals surface area (Å²) in [5.74, 6) is 1.26. The molecule has 5 heteroatoms. The smallest absolute Gasteiger partial charge is 0.263 e. The van der Waals surface area contributed by atoms with Crippen molar-refractivity contribution in [2.45, 2.75) is 38.8 Å². The lowest BCUT2D eigenvalue weighted by molar-refractivity contribution is -0.134. The van der Waals surface area contributed by atoms with Gasteiger partial charge in [-0.05, 0) is 57.2 Å². The molecular weight excluding hydrogens is 302 g/mol. The number of halogens is 1. The molecule has 2 rings (SSSR count). The monoisotopic (exact) mass is 321 g/mol. The first-order chi connectivity index (χ1) is 10.4. The quantitative estimate of drug-likeness (QED) is 0.879. The zero-order chi connectivity index (χ0) is 16.2. The lowest BCUT2D eigenvalue weighted by Crippen LogP contribution is -2.49. The van der Waals surface area contributed by atoms with Gasteiger partial charge in [-0.2, -0.15) is 0 Å². The van der Waals surface area contributed by atoms with Crippen molar-refractivity contribution in [3.8, 4) is 5.75 Å². The van der Waals surface area contributed by atoms with Crippen LogP contribution in [0.5, 0.6) is 5.75 Å². The Morgan fingerprint density at radius 1 is 1.32 bits per heavy atom. The number of hydrogen-bond donors (Lipinski definition) is 1. The fourth-order valence-electron chi connectivity index (χ4n) is 2.02. The Kier molecular flexibility index (Phi) is 5.14. The summed E-state index contributed by atoms with van der Waals surface area (Å²) in [6.07, 6.45) is 2.26. The van der Waals surface area contributed by atoms with Crippen molar-refractivity contribution in [2.24, 2.45) is 0 Å². The molecule has 0 aliphatic carbocycles. The van der Waals surface area contributed by atoms with E-state index in [1.165, 1.54) is 0 Å². The van der Waals surface area contributed by atoms with Gasteiger partial charge >= 0.3 is 0 Å². The molecule has 22 heavy (non-hydrogen) atoms. The SMILES string of the molecule is CC(Cc1ccco1)NC(=O)C(C)(C)Oc1ccc(Cl)cc1. The van der Waals surface area contributed by atoms with Crippen LogP contribution in [0.4, 0.5) is 0 Å². The topological polar surface area (TPSA) is 51.5 Å². The van der Waals surface area contributed by atoms with Crippen LogP contribution in [-0.4, -0.2) is 17.6 Å². The summed E-state index contributed by atoms with van der Waals surface area (Å²) in [5.41, 5.74) is -0.981. The van der Waals surface area contributed by atoms with Gasteiger partial charge in [-0.15, -0.1) is 0 Å². The van der Waals surface area contributed by atoms with E-state index < -0.39 is 5.60 Å². The van der Waals surface area contributed by atoms with Crippen molar-refractivity contribution in [3.63, 3.8) is 0 Å². The highest BCUT2D eigenvalue weighted by atomic mass is 35.5. The molecule has 2 aromatic rings. The minimum absolute atomic E-state index is 0.0493. The Bertz CT molecular complexity index is 605. The Balaban J connectivity index is 1.93. The minimum atomic E-state index is -0.981. The Morgan fingerprint density at radius 3 is 2.59 bits per heavy atom. The molecule has 1 heterocycles. The average Bonchev–Trinajstić information content (AvgIpc) is 2.93. The van der Waals surface area contributed by atoms with Crippen LogP contribution in [-0.2, 0) is 11.2 Å². The van der Waals surface area contributed by atoms with Crippen LogP contribution >= 0.6 is 11.6 Å². The van der Waals surface area contributed by atoms with Crippen LogP contribution in [0.15, 0.2) is 47.1 Å². The maximum absolute atomic E-state index is 12.4. The summed E-state index contributed by atoms with van der Waals surface area (Å²) >= 11 is 5.84. The van der Waals surface area contributed by atoms with Crippen LogP contribution in [0.3, 0.4) is 0 Å². The molecule has 0 saturated carbocycles. The average molecular weight is 322 g/mol. The van der Waals surface area contributed by atoms with Gasteiger partial charge in [-0.3, -0.25) is 4.79 Å². The minimum Gasteiger partial charge on any atom is -0.478 e. The van der Waals surface area contributed by atoms with Gasteiger partial charge in [0.25, 0.3) is 5.91 Å². The number of rotatable bonds is 6. The number of furan rings is 1. The number of hydrogen-bond acceptors (Lipinski definition) is 3. The second kappa shape index (κ2) is 6.88. The summed E-state index contributed by atoms with van der Waals surface area (Å²) in [7, 11) is 0. The summed E-state index contributed by atoms with van der Waals surface area (Å²) in [5, 5.41) is 3.57. The highest BCUT2D eigenvalue weighted by molar-refractivity contribution is 6.30. The second-order valence-corrected chi connectivity index (χ2v) is 6.16. The van der Waals surface area contributed by atoms with Gasteiger partial charge in [-0.25, -0.2) is 0 Å². The van der Waals surface area contributed by atoms with E-state index in [0.717, 1.165) is 5.76 Å². The number of amides is 1. The number of ether oxygens (including phenoxy) is 1. The van der Waals surface area contributed by atoms with Crippen LogP contribution in [0.25, 0.3) is 0 Å². The van der Waals surface area contributed by atoms with E-state index in [0.29, 0.717) is 17.2 Å². The molecule has 0 spiro atoms. The Labute approximate surface area is 135 Å². The molecule has 4 nitrogen and oxygen atoms in total. The normalized spacial score (nSPS) is 12.7. The van der Waals surface area contributed by atoms with Gasteiger partial charge in [0.1, 0.15) is 11.5 Å². The Hall–Kier alpha value is -1.94. The second-order valence-electron chi connectivity index (χ2n) is 5.72. The fourth-order valence-corrected chi connectivity index (χ4v) is 2.15. The van der Waals surface area contributed by atoms with Gasteiger partial charge < -0.3 is 14.5 Å². The van der Waals surface area contributed by atoms with Gasteiger partial charge in [-0.1, -0.05) is 11.6 Å². The zero-order valence-electron chi connectivity index (χ0n) is 12.9. The third-order valence-electron chi connectivity index (χ3n) is 3.20. The van der Waals surface area contributed by atoms with E-state index >= 15 is 0 Å². The molecule has 0 fully saturated rings. The lowest BCUT2D eigenvalue weighted by Gasteiger charge is -2.27. The molecule has 1 amide bonds. The van der Waals surface area contributed by atoms with Crippen molar-refractivity contribution in [1.29, 1.82) is 0 Å². The first kappa shape index (κ1) is 16.4. The number of benzene rings is 1. The van der Waals surface area contributed by atoms with Gasteiger partial charge in [0.2, 0.25) is 0 Å². The molecule has 1 aromatic carbocycles. The molecule has 1 aromatic heterocycles. The first-order valence-corrected chi connectivity index (χ1v) is 7.52. The standard InChI is InChI=1S/C17H20ClNO3/c1-12(11-15-5-4-10-21-15)19-16(20)17(2,3)22-14-8-6-13(18)7-9-14/h4-10,12H,11H2,1-3H3,(H,19,20). The van der Waals surface area contributed by atoms with Crippen LogP contribution in [0, 0.1) is 0 Å². The maximum Gasteiger partial charge on any atom is 0.263 e. The molecule has 118 valence electrons. The molecule has 0 aliphatic rings. The molecule has 1 N–H and O–H groups in total. The number of carbonyl (C=O) groups excluding carboxylic acids is 1. The summed E-state index contributed by atoms with van der Waals surface area (Å²) in [6, 6.07) is 10.6. The van der Waals surface area contributed by atoms with Crippen LogP contribution < -0.4 is 10.1 Å². The molecule has 1 unspecified atom stereocenters. The molecule has 0 aliphatic heterocycles. The van der Waals surface area contributed by atoms with Gasteiger partial charge in [0.05, 0.1) is 6.26 Å². The predicted molar refractivity (Wildman–Crippen MR) is 86.2 cm³/mol. The van der Waals surface area contributed by atoms with E-state index in [2.05, 4.69) is 5.32 Å². The molecular formula is C17H20ClNO3. The van der Waals surface area contributed by atoms with Crippen molar-refractivity contribution in [3.05, 3.63) is 53.4 Å². The van der Waals surface area contributed by atoms with Crippen molar-refractivity contribution >= 4 is 17.5 Å². The van der Waals surface area contributed by atoms with Crippen LogP contribution in [0.2, 0.25) is 5.02 Å². The van der Waals surface area contributed by atoms with Gasteiger partial charge in [0, 0.05) is 17.5 Å². The summed E-state index contributed by atoms with van der Waals surface area (Å²) < 4.78 is 11.0. The van der Waals surface area contributed by atoms with Crippen molar-refractivity contribution in [1.82, 2.24) is 5.32 Å². The number of nitrogens with one attached hydrogen (secondary N) is 1. The van der Waals surface area contributed by atoms with E-state index in [4.69, 9.17) is 20.8 Å². The first-order valence-electron chi connectivity index (χ1n) is 7.15. The number of carbonyl (C=O) groups is 1. The van der Waals surface area contributed by atoms with E-state index in [-0.39, 0.29) is 11.9 Å². The summed E-state index contributed by atoms with van der Waals surface area (Å²) in [4.78, 5) is 12.4. The van der Waals surface area contributed by atoms with Crippen molar-refractivity contribution in [2.75, 3.05) is 0 Å². The lowest BCUT2D eigenvalue weighted by atomic mass is 10.1. The summed E-state index contributed by atoms with van der Waals surface area (Å²) in [6.45, 7) is 5.39. The Morgan fingerprint density at radius 2 is 2.00 bits per heavy atom. The van der Waals surface area contributed by atoms with Crippen LogP contribution in [0.1, 0.15) is 26.5 Å². The van der Waals surface area contributed by atoms with E-state index in [1.807, 2.05) is 19.1 Å². The van der Waals surface area contributed by atoms with E-state index in [9.17, 15) is 4.79 Å². The molecule has 0 bridgehead atoms. The third kappa shape index (κ3) is 4.53. The molecule has 1 atom stereocenters. The van der Waals surface area contributed by atoms with Crippen molar-refractivity contribution < 1.29 is 13.9 Å². The fraction of sp³-hybridized carbons (Fsp3) is 0.353. The predicted octanol–water partition coefficient (Wildman–Crippen LogP) is 3.84. The highest BCUT2D eigenvalue weighted by Crippen LogP contribution is 2.21. The molecule has 0 saturated heterocycles. The third-order valence-corrected chi connectivity index (χ3v) is 3.45. The molecule has 0 radical (unpaired) electrons. The maximum atomic E-state index is 12.4. The highest BCUT2D eigenvalue weighted by Gasteiger charge is 2.31. The largest absolute Gasteiger partial charge is 0.478 e. The van der Waals surface area contributed by atoms with Gasteiger partial charge in [0.15, 0.2) is 5.60 Å². The van der Waals surface area contributed by atoms with E-state index in [1.54, 1.807) is 44.4 Å².